The Bertz CT molecular complexity index is 939. The number of hydrogen-bond acceptors (Lipinski definition) is 4. The zero-order chi connectivity index (χ0) is 19.0. The van der Waals surface area contributed by atoms with Crippen LogP contribution in [0.5, 0.6) is 0 Å². The van der Waals surface area contributed by atoms with Crippen molar-refractivity contribution in [2.75, 3.05) is 5.32 Å². The normalized spacial score (nSPS) is 20.7. The second-order valence-electron chi connectivity index (χ2n) is 7.99. The minimum absolute atomic E-state index is 0.370. The lowest BCUT2D eigenvalue weighted by atomic mass is 9.77. The van der Waals surface area contributed by atoms with Crippen LogP contribution >= 0.6 is 11.6 Å². The lowest BCUT2D eigenvalue weighted by Gasteiger charge is -2.36. The van der Waals surface area contributed by atoms with Gasteiger partial charge in [0, 0.05) is 16.6 Å². The molecule has 5 nitrogen and oxygen atoms in total. The molecule has 1 saturated carbocycles. The molecule has 0 amide bonds. The van der Waals surface area contributed by atoms with Crippen LogP contribution in [0.3, 0.4) is 0 Å². The van der Waals surface area contributed by atoms with Gasteiger partial charge >= 0.3 is 0 Å². The number of nitrogens with one attached hydrogen (secondary N) is 1. The Morgan fingerprint density at radius 2 is 1.93 bits per heavy atom. The van der Waals surface area contributed by atoms with Crippen LogP contribution in [0.1, 0.15) is 39.5 Å². The fourth-order valence-corrected chi connectivity index (χ4v) is 4.14. The molecule has 1 aliphatic rings. The van der Waals surface area contributed by atoms with Gasteiger partial charge in [0.2, 0.25) is 0 Å². The summed E-state index contributed by atoms with van der Waals surface area (Å²) in [6.45, 7) is 3.83. The summed E-state index contributed by atoms with van der Waals surface area (Å²) < 4.78 is 1.86. The number of rotatable bonds is 4. The second kappa shape index (κ2) is 7.13. The molecule has 1 fully saturated rings. The van der Waals surface area contributed by atoms with Gasteiger partial charge in [-0.05, 0) is 69.7 Å². The number of nitrogens with zero attached hydrogens (tertiary/aromatic N) is 3. The lowest BCUT2D eigenvalue weighted by molar-refractivity contribution is -0.000405. The summed E-state index contributed by atoms with van der Waals surface area (Å²) in [5, 5.41) is 19.2. The van der Waals surface area contributed by atoms with Gasteiger partial charge in [-0.25, -0.2) is 9.50 Å². The third-order valence-corrected chi connectivity index (χ3v) is 5.80. The third-order valence-electron chi connectivity index (χ3n) is 5.56. The highest BCUT2D eigenvalue weighted by atomic mass is 35.5. The van der Waals surface area contributed by atoms with Crippen molar-refractivity contribution >= 4 is 23.1 Å². The molecule has 0 radical (unpaired) electrons. The van der Waals surface area contributed by atoms with Gasteiger partial charge in [-0.1, -0.05) is 23.7 Å². The minimum atomic E-state index is -0.592. The van der Waals surface area contributed by atoms with E-state index in [2.05, 4.69) is 10.3 Å². The number of aromatic nitrogens is 3. The van der Waals surface area contributed by atoms with Crippen molar-refractivity contribution in [1.82, 2.24) is 14.6 Å². The molecule has 0 spiro atoms. The van der Waals surface area contributed by atoms with Gasteiger partial charge in [0.05, 0.1) is 17.5 Å². The van der Waals surface area contributed by atoms with Gasteiger partial charge in [0.25, 0.3) is 0 Å². The monoisotopic (exact) mass is 384 g/mol. The largest absolute Gasteiger partial charge is 0.390 e. The average Bonchev–Trinajstić information content (AvgIpc) is 3.05. The second-order valence-corrected chi connectivity index (χ2v) is 8.43. The molecule has 1 aliphatic carbocycles. The Labute approximate surface area is 164 Å². The van der Waals surface area contributed by atoms with E-state index < -0.39 is 5.60 Å². The first-order chi connectivity index (χ1) is 12.9. The average molecular weight is 385 g/mol. The topological polar surface area (TPSA) is 62.5 Å². The zero-order valence-electron chi connectivity index (χ0n) is 15.7. The van der Waals surface area contributed by atoms with Crippen LogP contribution in [0.4, 0.5) is 5.82 Å². The predicted molar refractivity (Wildman–Crippen MR) is 109 cm³/mol. The maximum Gasteiger partial charge on any atom is 0.154 e. The number of fused-ring (bicyclic) bond motifs is 1. The van der Waals surface area contributed by atoms with Gasteiger partial charge in [-0.2, -0.15) is 0 Å². The highest BCUT2D eigenvalue weighted by Crippen LogP contribution is 2.33. The smallest absolute Gasteiger partial charge is 0.154 e. The molecule has 0 unspecified atom stereocenters. The van der Waals surface area contributed by atoms with E-state index >= 15 is 0 Å². The fraction of sp³-hybridized carbons (Fsp3) is 0.429. The Kier molecular flexibility index (Phi) is 4.82. The molecule has 1 aromatic carbocycles. The Morgan fingerprint density at radius 3 is 2.63 bits per heavy atom. The van der Waals surface area contributed by atoms with E-state index in [4.69, 9.17) is 16.7 Å². The number of benzene rings is 1. The molecule has 6 heteroatoms. The highest BCUT2D eigenvalue weighted by Gasteiger charge is 2.31. The van der Waals surface area contributed by atoms with E-state index in [0.717, 1.165) is 48.4 Å². The Morgan fingerprint density at radius 1 is 1.15 bits per heavy atom. The SMILES string of the molecule is CC(C)(O)C1CCC(Nc2ccc3ncc(-c4cccc(Cl)c4)n3n2)CC1. The minimum Gasteiger partial charge on any atom is -0.390 e. The standard InChI is InChI=1S/C21H25ClN4O/c1-21(2,27)15-6-8-17(9-7-15)24-19-10-11-20-23-13-18(26(20)25-19)14-4-3-5-16(22)12-14/h3-5,10-13,15,17,27H,6-9H2,1-2H3,(H,24,25). The van der Waals surface area contributed by atoms with E-state index in [0.29, 0.717) is 17.0 Å². The van der Waals surface area contributed by atoms with Crippen molar-refractivity contribution < 1.29 is 5.11 Å². The first-order valence-corrected chi connectivity index (χ1v) is 9.87. The van der Waals surface area contributed by atoms with Crippen LogP contribution in [0.25, 0.3) is 16.9 Å². The number of anilines is 1. The summed E-state index contributed by atoms with van der Waals surface area (Å²) >= 11 is 6.14. The van der Waals surface area contributed by atoms with Crippen LogP contribution in [-0.4, -0.2) is 31.3 Å². The van der Waals surface area contributed by atoms with E-state index in [1.54, 1.807) is 0 Å². The van der Waals surface area contributed by atoms with Crippen LogP contribution in [0.2, 0.25) is 5.02 Å². The molecule has 27 heavy (non-hydrogen) atoms. The van der Waals surface area contributed by atoms with E-state index in [9.17, 15) is 5.11 Å². The van der Waals surface area contributed by atoms with Crippen LogP contribution in [0.15, 0.2) is 42.6 Å². The molecule has 0 bridgehead atoms. The van der Waals surface area contributed by atoms with Crippen molar-refractivity contribution in [3.05, 3.63) is 47.6 Å². The van der Waals surface area contributed by atoms with E-state index in [1.807, 2.05) is 61.0 Å². The summed E-state index contributed by atoms with van der Waals surface area (Å²) in [7, 11) is 0. The highest BCUT2D eigenvalue weighted by molar-refractivity contribution is 6.30. The quantitative estimate of drug-likeness (QED) is 0.678. The molecular weight excluding hydrogens is 360 g/mol. The molecule has 0 saturated heterocycles. The number of imidazole rings is 1. The summed E-state index contributed by atoms with van der Waals surface area (Å²) in [6, 6.07) is 12.1. The van der Waals surface area contributed by atoms with Crippen molar-refractivity contribution in [3.63, 3.8) is 0 Å². The van der Waals surface area contributed by atoms with Gasteiger partial charge < -0.3 is 10.4 Å². The van der Waals surface area contributed by atoms with Gasteiger partial charge in [0.15, 0.2) is 5.65 Å². The van der Waals surface area contributed by atoms with Gasteiger partial charge in [-0.15, -0.1) is 5.10 Å². The zero-order valence-corrected chi connectivity index (χ0v) is 16.4. The molecule has 2 heterocycles. The number of hydrogen-bond donors (Lipinski definition) is 2. The lowest BCUT2D eigenvalue weighted by Crippen LogP contribution is -2.37. The van der Waals surface area contributed by atoms with Gasteiger partial charge in [-0.3, -0.25) is 0 Å². The summed E-state index contributed by atoms with van der Waals surface area (Å²) in [4.78, 5) is 4.45. The molecule has 142 valence electrons. The summed E-state index contributed by atoms with van der Waals surface area (Å²) in [5.41, 5.74) is 2.12. The summed E-state index contributed by atoms with van der Waals surface area (Å²) in [5.74, 6) is 1.21. The molecule has 2 N–H and O–H groups in total. The maximum absolute atomic E-state index is 10.2. The molecule has 4 rings (SSSR count). The molecule has 3 aromatic rings. The predicted octanol–water partition coefficient (Wildman–Crippen LogP) is 4.79. The van der Waals surface area contributed by atoms with E-state index in [-0.39, 0.29) is 0 Å². The number of aliphatic hydroxyl groups is 1. The maximum atomic E-state index is 10.2. The van der Waals surface area contributed by atoms with Crippen molar-refractivity contribution in [2.45, 2.75) is 51.2 Å². The van der Waals surface area contributed by atoms with Gasteiger partial charge in [0.1, 0.15) is 5.82 Å². The third kappa shape index (κ3) is 3.94. The van der Waals surface area contributed by atoms with E-state index in [1.165, 1.54) is 0 Å². The molecule has 0 aliphatic heterocycles. The molecule has 0 atom stereocenters. The molecule has 2 aromatic heterocycles. The van der Waals surface area contributed by atoms with Crippen molar-refractivity contribution in [3.8, 4) is 11.3 Å². The van der Waals surface area contributed by atoms with Crippen LogP contribution in [-0.2, 0) is 0 Å². The van der Waals surface area contributed by atoms with Crippen LogP contribution in [0, 0.1) is 5.92 Å². The fourth-order valence-electron chi connectivity index (χ4n) is 3.95. The molecular formula is C21H25ClN4O. The Balaban J connectivity index is 1.53. The first-order valence-electron chi connectivity index (χ1n) is 9.50. The van der Waals surface area contributed by atoms with Crippen LogP contribution < -0.4 is 5.32 Å². The first kappa shape index (κ1) is 18.3. The number of halogens is 1. The summed E-state index contributed by atoms with van der Waals surface area (Å²) in [6.07, 6.45) is 5.97. The van der Waals surface area contributed by atoms with Crippen molar-refractivity contribution in [2.24, 2.45) is 5.92 Å². The van der Waals surface area contributed by atoms with Crippen molar-refractivity contribution in [1.29, 1.82) is 0 Å². The Hall–Kier alpha value is -2.11.